The summed E-state index contributed by atoms with van der Waals surface area (Å²) in [6.07, 6.45) is 5.45. The number of benzene rings is 3. The van der Waals surface area contributed by atoms with Crippen molar-refractivity contribution in [1.29, 1.82) is 0 Å². The molecule has 0 bridgehead atoms. The molecule has 2 N–H and O–H groups in total. The maximum absolute atomic E-state index is 12.8. The van der Waals surface area contributed by atoms with Crippen molar-refractivity contribution in [1.82, 2.24) is 10.6 Å². The van der Waals surface area contributed by atoms with E-state index in [9.17, 15) is 9.59 Å². The van der Waals surface area contributed by atoms with Gasteiger partial charge in [0, 0.05) is 29.9 Å². The number of carbonyl (C=O) groups excluding carboxylic acids is 2. The van der Waals surface area contributed by atoms with Gasteiger partial charge in [-0.2, -0.15) is 0 Å². The summed E-state index contributed by atoms with van der Waals surface area (Å²) in [6.45, 7) is 9.57. The Labute approximate surface area is 232 Å². The maximum atomic E-state index is 12.8. The average molecular weight is 535 g/mol. The van der Waals surface area contributed by atoms with E-state index in [0.29, 0.717) is 47.2 Å². The van der Waals surface area contributed by atoms with Crippen molar-refractivity contribution in [3.8, 4) is 23.0 Å². The number of unbranched alkanes of at least 4 members (excludes halogenated alkanes) is 2. The number of carbonyl (C=O) groups is 2. The second kappa shape index (κ2) is 15.6. The fraction of sp³-hybridized carbons (Fsp3) is 0.438. The Bertz CT molecular complexity index is 1200. The highest BCUT2D eigenvalue weighted by atomic mass is 16.6. The van der Waals surface area contributed by atoms with Crippen molar-refractivity contribution >= 4 is 23.0 Å². The van der Waals surface area contributed by atoms with Gasteiger partial charge in [0.2, 0.25) is 0 Å². The molecule has 7 nitrogen and oxygen atoms in total. The molecule has 0 aliphatic rings. The molecule has 2 atom stereocenters. The predicted octanol–water partition coefficient (Wildman–Crippen LogP) is 8.46. The van der Waals surface area contributed by atoms with Gasteiger partial charge in [0.1, 0.15) is 11.5 Å². The van der Waals surface area contributed by atoms with Crippen molar-refractivity contribution in [2.24, 2.45) is 11.8 Å². The summed E-state index contributed by atoms with van der Waals surface area (Å²) in [7, 11) is 0. The van der Waals surface area contributed by atoms with Crippen LogP contribution in [0.3, 0.4) is 0 Å². The van der Waals surface area contributed by atoms with Crippen LogP contribution in [0.1, 0.15) is 66.2 Å². The molecule has 3 aromatic rings. The van der Waals surface area contributed by atoms with Crippen molar-refractivity contribution < 1.29 is 23.8 Å². The fourth-order valence-electron chi connectivity index (χ4n) is 4.26. The second-order valence-electron chi connectivity index (χ2n) is 10.2. The first-order valence-electron chi connectivity index (χ1n) is 14.1. The molecule has 0 fully saturated rings. The molecule has 7 heteroatoms. The minimum absolute atomic E-state index is 0.258. The van der Waals surface area contributed by atoms with E-state index in [-0.39, 0.29) is 11.5 Å². The molecule has 3 aromatic carbocycles. The molecule has 0 radical (unpaired) electrons. The third-order valence-corrected chi connectivity index (χ3v) is 6.58. The van der Waals surface area contributed by atoms with Crippen molar-refractivity contribution in [3.63, 3.8) is 0 Å². The molecule has 0 aliphatic heterocycles. The molecule has 210 valence electrons. The van der Waals surface area contributed by atoms with Gasteiger partial charge in [0.15, 0.2) is 11.5 Å². The van der Waals surface area contributed by atoms with Gasteiger partial charge in [-0.1, -0.05) is 95.8 Å². The summed E-state index contributed by atoms with van der Waals surface area (Å²) in [5, 5.41) is 6.96. The van der Waals surface area contributed by atoms with Crippen molar-refractivity contribution in [2.75, 3.05) is 13.1 Å². The molecule has 0 heterocycles. The first-order valence-corrected chi connectivity index (χ1v) is 14.1. The van der Waals surface area contributed by atoms with E-state index in [1.807, 2.05) is 42.5 Å². The lowest BCUT2D eigenvalue weighted by Crippen LogP contribution is -2.31. The minimum atomic E-state index is -0.561. The molecule has 39 heavy (non-hydrogen) atoms. The van der Waals surface area contributed by atoms with Gasteiger partial charge in [-0.25, -0.2) is 9.59 Å². The van der Waals surface area contributed by atoms with Crippen molar-refractivity contribution in [2.45, 2.75) is 66.2 Å². The molecular weight excluding hydrogens is 492 g/mol. The van der Waals surface area contributed by atoms with Crippen LogP contribution in [0.5, 0.6) is 23.0 Å². The molecule has 2 amide bonds. The number of nitrogens with one attached hydrogen (secondary N) is 2. The monoisotopic (exact) mass is 534 g/mol. The summed E-state index contributed by atoms with van der Waals surface area (Å²) < 4.78 is 17.7. The predicted molar refractivity (Wildman–Crippen MR) is 156 cm³/mol. The van der Waals surface area contributed by atoms with Gasteiger partial charge in [-0.3, -0.25) is 0 Å². The molecule has 3 rings (SSSR count). The number of rotatable bonds is 14. The zero-order valence-corrected chi connectivity index (χ0v) is 23.6. The lowest BCUT2D eigenvalue weighted by Gasteiger charge is -2.18. The van der Waals surface area contributed by atoms with Gasteiger partial charge < -0.3 is 24.8 Å². The topological polar surface area (TPSA) is 85.9 Å². The lowest BCUT2D eigenvalue weighted by molar-refractivity contribution is 0.195. The molecule has 2 unspecified atom stereocenters. The quantitative estimate of drug-likeness (QED) is 0.217. The molecule has 0 aliphatic carbocycles. The Morgan fingerprint density at radius 3 is 1.85 bits per heavy atom. The number of ether oxygens (including phenoxy) is 3. The minimum Gasteiger partial charge on any atom is -0.453 e. The summed E-state index contributed by atoms with van der Waals surface area (Å²) in [6, 6.07) is 18.1. The maximum Gasteiger partial charge on any atom is 0.412 e. The zero-order chi connectivity index (χ0) is 28.0. The van der Waals surface area contributed by atoms with Gasteiger partial charge >= 0.3 is 12.2 Å². The number of para-hydroxylation sites is 1. The summed E-state index contributed by atoms with van der Waals surface area (Å²) in [4.78, 5) is 25.6. The number of fused-ring (bicyclic) bond motifs is 1. The van der Waals surface area contributed by atoms with Gasteiger partial charge in [-0.05, 0) is 36.8 Å². The molecular formula is C32H42N2O5. The summed E-state index contributed by atoms with van der Waals surface area (Å²) in [5.41, 5.74) is 0. The summed E-state index contributed by atoms with van der Waals surface area (Å²) in [5.74, 6) is 2.10. The average Bonchev–Trinajstić information content (AvgIpc) is 2.95. The number of amides is 2. The number of hydrogen-bond acceptors (Lipinski definition) is 5. The van der Waals surface area contributed by atoms with Crippen LogP contribution in [0.25, 0.3) is 10.8 Å². The van der Waals surface area contributed by atoms with Crippen molar-refractivity contribution in [3.05, 3.63) is 60.7 Å². The Hall–Kier alpha value is -3.74. The largest absolute Gasteiger partial charge is 0.453 e. The Balaban J connectivity index is 1.86. The van der Waals surface area contributed by atoms with E-state index in [4.69, 9.17) is 14.2 Å². The fourth-order valence-corrected chi connectivity index (χ4v) is 4.26. The molecule has 0 saturated carbocycles. The van der Waals surface area contributed by atoms with Gasteiger partial charge in [0.25, 0.3) is 0 Å². The number of hydrogen-bond donors (Lipinski definition) is 2. The lowest BCUT2D eigenvalue weighted by atomic mass is 10.0. The van der Waals surface area contributed by atoms with Gasteiger partial charge in [0.05, 0.1) is 0 Å². The van der Waals surface area contributed by atoms with Crippen LogP contribution in [0, 0.1) is 11.8 Å². The van der Waals surface area contributed by atoms with E-state index in [2.05, 4.69) is 38.3 Å². The highest BCUT2D eigenvalue weighted by molar-refractivity contribution is 5.98. The molecule has 0 aromatic heterocycles. The first-order chi connectivity index (χ1) is 18.9. The van der Waals surface area contributed by atoms with E-state index in [0.717, 1.165) is 38.5 Å². The highest BCUT2D eigenvalue weighted by Gasteiger charge is 2.21. The van der Waals surface area contributed by atoms with Crippen LogP contribution >= 0.6 is 0 Å². The van der Waals surface area contributed by atoms with E-state index >= 15 is 0 Å². The Morgan fingerprint density at radius 2 is 1.26 bits per heavy atom. The van der Waals surface area contributed by atoms with Crippen LogP contribution in [-0.4, -0.2) is 25.3 Å². The van der Waals surface area contributed by atoms with Crippen LogP contribution in [0.4, 0.5) is 9.59 Å². The standard InChI is InChI=1S/C32H42N2O5/c1-5-7-14-23(3)21-33-31(35)38-28-20-29(37-25-16-10-9-11-17-25)30(27-19-13-12-18-26(27)28)39-32(36)34-22-24(4)15-8-6-2/h9-13,16-20,23-24H,5-8,14-15,21-22H2,1-4H3,(H,33,35)(H,34,36). The van der Waals surface area contributed by atoms with Gasteiger partial charge in [-0.15, -0.1) is 0 Å². The third kappa shape index (κ3) is 9.50. The van der Waals surface area contributed by atoms with E-state index in [1.54, 1.807) is 18.2 Å². The van der Waals surface area contributed by atoms with Crippen LogP contribution in [-0.2, 0) is 0 Å². The smallest absolute Gasteiger partial charge is 0.412 e. The van der Waals surface area contributed by atoms with Crippen LogP contribution in [0.15, 0.2) is 60.7 Å². The van der Waals surface area contributed by atoms with E-state index in [1.165, 1.54) is 0 Å². The van der Waals surface area contributed by atoms with Crippen LogP contribution < -0.4 is 24.8 Å². The van der Waals surface area contributed by atoms with E-state index < -0.39 is 12.2 Å². The Morgan fingerprint density at radius 1 is 0.718 bits per heavy atom. The third-order valence-electron chi connectivity index (χ3n) is 6.58. The Kier molecular flexibility index (Phi) is 11.9. The normalized spacial score (nSPS) is 12.4. The zero-order valence-electron chi connectivity index (χ0n) is 23.6. The first kappa shape index (κ1) is 29.8. The SMILES string of the molecule is CCCCC(C)CNC(=O)Oc1cc(Oc2ccccc2)c(OC(=O)NCC(C)CCCC)c2ccccc12. The second-order valence-corrected chi connectivity index (χ2v) is 10.2. The summed E-state index contributed by atoms with van der Waals surface area (Å²) >= 11 is 0. The molecule has 0 spiro atoms. The molecule has 0 saturated heterocycles. The highest BCUT2D eigenvalue weighted by Crippen LogP contribution is 2.43. The van der Waals surface area contributed by atoms with Crippen LogP contribution in [0.2, 0.25) is 0 Å².